The van der Waals surface area contributed by atoms with Crippen molar-refractivity contribution in [1.29, 1.82) is 0 Å². The molecule has 0 radical (unpaired) electrons. The Morgan fingerprint density at radius 1 is 1.28 bits per heavy atom. The predicted octanol–water partition coefficient (Wildman–Crippen LogP) is 3.06. The van der Waals surface area contributed by atoms with Crippen molar-refractivity contribution >= 4 is 11.3 Å². The molecule has 96 valence electrons. The molecule has 2 rings (SSSR count). The van der Waals surface area contributed by atoms with Crippen LogP contribution in [0.2, 0.25) is 0 Å². The zero-order valence-electron chi connectivity index (χ0n) is 10.7. The smallest absolute Gasteiger partial charge is 0.0254 e. The van der Waals surface area contributed by atoms with Gasteiger partial charge in [-0.15, -0.1) is 11.3 Å². The van der Waals surface area contributed by atoms with Crippen molar-refractivity contribution < 1.29 is 0 Å². The van der Waals surface area contributed by atoms with Crippen molar-refractivity contribution in [2.75, 3.05) is 0 Å². The Bertz CT molecular complexity index is 465. The van der Waals surface area contributed by atoms with E-state index >= 15 is 0 Å². The quantitative estimate of drug-likeness (QED) is 0.619. The first-order chi connectivity index (χ1) is 8.78. The number of hydrogen-bond acceptors (Lipinski definition) is 3. The third-order valence-corrected chi connectivity index (χ3v) is 4.06. The molecule has 0 fully saturated rings. The van der Waals surface area contributed by atoms with E-state index in [1.165, 1.54) is 16.0 Å². The maximum Gasteiger partial charge on any atom is 0.0254 e. The maximum absolute atomic E-state index is 5.65. The minimum Gasteiger partial charge on any atom is -0.271 e. The third kappa shape index (κ3) is 3.95. The molecule has 1 heterocycles. The molecule has 0 aliphatic heterocycles. The average Bonchev–Trinajstić information content (AvgIpc) is 2.87. The minimum absolute atomic E-state index is 0.342. The molecular formula is C15H20N2S. The van der Waals surface area contributed by atoms with E-state index in [0.29, 0.717) is 6.04 Å². The number of nitrogens with two attached hydrogens (primary N) is 1. The first kappa shape index (κ1) is 13.3. The molecule has 0 amide bonds. The van der Waals surface area contributed by atoms with Crippen LogP contribution in [-0.2, 0) is 12.8 Å². The van der Waals surface area contributed by atoms with E-state index in [2.05, 4.69) is 54.1 Å². The van der Waals surface area contributed by atoms with Crippen LogP contribution in [0.4, 0.5) is 0 Å². The minimum atomic E-state index is 0.342. The van der Waals surface area contributed by atoms with Gasteiger partial charge in [0.05, 0.1) is 0 Å². The highest BCUT2D eigenvalue weighted by molar-refractivity contribution is 7.09. The van der Waals surface area contributed by atoms with Crippen molar-refractivity contribution in [2.24, 2.45) is 5.84 Å². The van der Waals surface area contributed by atoms with Gasteiger partial charge < -0.3 is 0 Å². The van der Waals surface area contributed by atoms with E-state index in [1.54, 1.807) is 0 Å². The molecule has 3 heteroatoms. The lowest BCUT2D eigenvalue weighted by Crippen LogP contribution is -2.37. The fourth-order valence-electron chi connectivity index (χ4n) is 2.14. The summed E-state index contributed by atoms with van der Waals surface area (Å²) >= 11 is 1.82. The monoisotopic (exact) mass is 260 g/mol. The lowest BCUT2D eigenvalue weighted by atomic mass is 10.0. The standard InChI is InChI=1S/C15H20N2S/c1-12-4-2-5-13(10-12)11-14(17-16)7-8-15-6-3-9-18-15/h2-6,9-10,14,17H,7-8,11,16H2,1H3. The van der Waals surface area contributed by atoms with Gasteiger partial charge in [-0.2, -0.15) is 0 Å². The van der Waals surface area contributed by atoms with Crippen molar-refractivity contribution in [3.63, 3.8) is 0 Å². The van der Waals surface area contributed by atoms with Crippen molar-refractivity contribution in [3.8, 4) is 0 Å². The Kier molecular flexibility index (Phi) is 4.93. The number of hydrazine groups is 1. The molecule has 2 aromatic rings. The summed E-state index contributed by atoms with van der Waals surface area (Å²) in [6.45, 7) is 2.13. The zero-order chi connectivity index (χ0) is 12.8. The zero-order valence-corrected chi connectivity index (χ0v) is 11.5. The molecule has 0 aliphatic rings. The molecular weight excluding hydrogens is 240 g/mol. The molecule has 3 N–H and O–H groups in total. The fourth-order valence-corrected chi connectivity index (χ4v) is 2.86. The molecule has 18 heavy (non-hydrogen) atoms. The summed E-state index contributed by atoms with van der Waals surface area (Å²) in [7, 11) is 0. The van der Waals surface area contributed by atoms with Crippen LogP contribution in [0, 0.1) is 6.92 Å². The normalized spacial score (nSPS) is 12.6. The average molecular weight is 260 g/mol. The first-order valence-electron chi connectivity index (χ1n) is 6.32. The Balaban J connectivity index is 1.89. The Labute approximate surface area is 113 Å². The Morgan fingerprint density at radius 2 is 2.17 bits per heavy atom. The first-order valence-corrected chi connectivity index (χ1v) is 7.20. The van der Waals surface area contributed by atoms with Gasteiger partial charge in [0, 0.05) is 10.9 Å². The molecule has 0 saturated heterocycles. The lowest BCUT2D eigenvalue weighted by Gasteiger charge is -2.15. The van der Waals surface area contributed by atoms with Crippen LogP contribution in [0.5, 0.6) is 0 Å². The van der Waals surface area contributed by atoms with Gasteiger partial charge in [0.15, 0.2) is 0 Å². The van der Waals surface area contributed by atoms with Gasteiger partial charge in [-0.1, -0.05) is 35.9 Å². The second-order valence-electron chi connectivity index (χ2n) is 4.67. The number of hydrogen-bond donors (Lipinski definition) is 2. The second-order valence-corrected chi connectivity index (χ2v) is 5.71. The largest absolute Gasteiger partial charge is 0.271 e. The Hall–Kier alpha value is -1.16. The van der Waals surface area contributed by atoms with Gasteiger partial charge >= 0.3 is 0 Å². The number of thiophene rings is 1. The summed E-state index contributed by atoms with van der Waals surface area (Å²) in [5, 5.41) is 2.13. The molecule has 0 aliphatic carbocycles. The Morgan fingerprint density at radius 3 is 2.83 bits per heavy atom. The highest BCUT2D eigenvalue weighted by Gasteiger charge is 2.08. The molecule has 1 unspecified atom stereocenters. The van der Waals surface area contributed by atoms with Gasteiger partial charge in [-0.25, -0.2) is 0 Å². The molecule has 1 aromatic carbocycles. The highest BCUT2D eigenvalue weighted by atomic mass is 32.1. The molecule has 1 atom stereocenters. The predicted molar refractivity (Wildman–Crippen MR) is 78.6 cm³/mol. The van der Waals surface area contributed by atoms with Crippen molar-refractivity contribution in [1.82, 2.24) is 5.43 Å². The van der Waals surface area contributed by atoms with Gasteiger partial charge in [0.1, 0.15) is 0 Å². The number of aryl methyl sites for hydroxylation is 2. The number of nitrogens with one attached hydrogen (secondary N) is 1. The maximum atomic E-state index is 5.65. The van der Waals surface area contributed by atoms with Crippen molar-refractivity contribution in [2.45, 2.75) is 32.2 Å². The summed E-state index contributed by atoms with van der Waals surface area (Å²) in [4.78, 5) is 1.43. The summed E-state index contributed by atoms with van der Waals surface area (Å²) < 4.78 is 0. The summed E-state index contributed by atoms with van der Waals surface area (Å²) in [6.07, 6.45) is 3.16. The van der Waals surface area contributed by atoms with Gasteiger partial charge in [-0.05, 0) is 43.2 Å². The molecule has 0 bridgehead atoms. The summed E-state index contributed by atoms with van der Waals surface area (Å²) in [5.41, 5.74) is 5.60. The van der Waals surface area contributed by atoms with Crippen LogP contribution >= 0.6 is 11.3 Å². The summed E-state index contributed by atoms with van der Waals surface area (Å²) in [5.74, 6) is 5.65. The van der Waals surface area contributed by atoms with Crippen LogP contribution in [0.25, 0.3) is 0 Å². The third-order valence-electron chi connectivity index (χ3n) is 3.12. The van der Waals surface area contributed by atoms with Crippen LogP contribution in [0.15, 0.2) is 41.8 Å². The van der Waals surface area contributed by atoms with E-state index in [0.717, 1.165) is 19.3 Å². The number of rotatable bonds is 6. The van der Waals surface area contributed by atoms with E-state index in [-0.39, 0.29) is 0 Å². The molecule has 2 nitrogen and oxygen atoms in total. The molecule has 1 aromatic heterocycles. The van der Waals surface area contributed by atoms with E-state index < -0.39 is 0 Å². The van der Waals surface area contributed by atoms with Crippen LogP contribution in [0.1, 0.15) is 22.4 Å². The van der Waals surface area contributed by atoms with Gasteiger partial charge in [-0.3, -0.25) is 11.3 Å². The molecule has 0 spiro atoms. The second kappa shape index (κ2) is 6.69. The number of benzene rings is 1. The topological polar surface area (TPSA) is 38.0 Å². The summed E-state index contributed by atoms with van der Waals surface area (Å²) in [6, 6.07) is 13.3. The SMILES string of the molecule is Cc1cccc(CC(CCc2cccs2)NN)c1. The van der Waals surface area contributed by atoms with E-state index in [9.17, 15) is 0 Å². The van der Waals surface area contributed by atoms with Crippen LogP contribution < -0.4 is 11.3 Å². The van der Waals surface area contributed by atoms with Crippen molar-refractivity contribution in [3.05, 3.63) is 57.8 Å². The highest BCUT2D eigenvalue weighted by Crippen LogP contribution is 2.14. The van der Waals surface area contributed by atoms with E-state index in [4.69, 9.17) is 5.84 Å². The van der Waals surface area contributed by atoms with Crippen LogP contribution in [0.3, 0.4) is 0 Å². The van der Waals surface area contributed by atoms with Crippen LogP contribution in [-0.4, -0.2) is 6.04 Å². The lowest BCUT2D eigenvalue weighted by molar-refractivity contribution is 0.493. The van der Waals surface area contributed by atoms with Gasteiger partial charge in [0.2, 0.25) is 0 Å². The van der Waals surface area contributed by atoms with E-state index in [1.807, 2.05) is 11.3 Å². The van der Waals surface area contributed by atoms with Gasteiger partial charge in [0.25, 0.3) is 0 Å². The molecule has 0 saturated carbocycles. The fraction of sp³-hybridized carbons (Fsp3) is 0.333.